The summed E-state index contributed by atoms with van der Waals surface area (Å²) >= 11 is 7.78. The third-order valence-corrected chi connectivity index (χ3v) is 9.40. The number of fused-ring (bicyclic) bond motifs is 3. The van der Waals surface area contributed by atoms with Crippen molar-refractivity contribution in [1.82, 2.24) is 0 Å². The fourth-order valence-electron chi connectivity index (χ4n) is 6.33. The number of halogens is 2. The number of allylic oxidation sites excluding steroid dienone is 2. The highest BCUT2D eigenvalue weighted by atomic mass is 79.9. The molecular formula is C28H29Br2N. The van der Waals surface area contributed by atoms with E-state index in [0.717, 1.165) is 0 Å². The quantitative estimate of drug-likeness (QED) is 0.397. The van der Waals surface area contributed by atoms with Crippen molar-refractivity contribution in [3.63, 3.8) is 0 Å². The monoisotopic (exact) mass is 537 g/mol. The Kier molecular flexibility index (Phi) is 4.77. The summed E-state index contributed by atoms with van der Waals surface area (Å²) in [5, 5.41) is 2.76. The third kappa shape index (κ3) is 2.78. The summed E-state index contributed by atoms with van der Waals surface area (Å²) in [4.78, 5) is 2.42. The van der Waals surface area contributed by atoms with Gasteiger partial charge in [0.25, 0.3) is 0 Å². The van der Waals surface area contributed by atoms with Crippen LogP contribution in [0.5, 0.6) is 0 Å². The molecule has 0 bridgehead atoms. The molecular weight excluding hydrogens is 510 g/mol. The van der Waals surface area contributed by atoms with Crippen LogP contribution in [0, 0.1) is 5.41 Å². The normalized spacial score (nSPS) is 21.9. The highest BCUT2D eigenvalue weighted by Crippen LogP contribution is 2.54. The van der Waals surface area contributed by atoms with Crippen LogP contribution >= 0.6 is 31.9 Å². The summed E-state index contributed by atoms with van der Waals surface area (Å²) in [5.74, 6) is 0.362. The van der Waals surface area contributed by atoms with Gasteiger partial charge in [0, 0.05) is 44.3 Å². The number of rotatable bonds is 2. The Hall–Kier alpha value is -1.58. The predicted octanol–water partition coefficient (Wildman–Crippen LogP) is 7.02. The lowest BCUT2D eigenvalue weighted by molar-refractivity contribution is 0.433. The van der Waals surface area contributed by atoms with E-state index in [1.807, 2.05) is 0 Å². The van der Waals surface area contributed by atoms with Crippen LogP contribution in [0.15, 0.2) is 44.4 Å². The molecule has 1 nitrogen and oxygen atoms in total. The van der Waals surface area contributed by atoms with Gasteiger partial charge in [-0.25, -0.2) is 0 Å². The zero-order valence-electron chi connectivity index (χ0n) is 19.3. The minimum atomic E-state index is -0.0340. The van der Waals surface area contributed by atoms with Crippen LogP contribution in [0.1, 0.15) is 64.2 Å². The minimum Gasteiger partial charge on any atom is -0.368 e. The van der Waals surface area contributed by atoms with Gasteiger partial charge in [-0.3, -0.25) is 0 Å². The van der Waals surface area contributed by atoms with Crippen LogP contribution < -0.4 is 15.3 Å². The van der Waals surface area contributed by atoms with E-state index in [-0.39, 0.29) is 5.41 Å². The van der Waals surface area contributed by atoms with Crippen LogP contribution in [-0.4, -0.2) is 13.1 Å². The Morgan fingerprint density at radius 2 is 1.71 bits per heavy atom. The highest BCUT2D eigenvalue weighted by molar-refractivity contribution is 9.10. The Balaban J connectivity index is 1.79. The third-order valence-electron chi connectivity index (χ3n) is 7.88. The van der Waals surface area contributed by atoms with E-state index >= 15 is 0 Å². The lowest BCUT2D eigenvalue weighted by atomic mass is 9.67. The van der Waals surface area contributed by atoms with Crippen LogP contribution in [0.2, 0.25) is 0 Å². The van der Waals surface area contributed by atoms with Crippen molar-refractivity contribution >= 4 is 60.8 Å². The first-order valence-electron chi connectivity index (χ1n) is 11.0. The molecule has 2 aliphatic carbocycles. The second-order valence-electron chi connectivity index (χ2n) is 10.0. The topological polar surface area (TPSA) is 3.24 Å². The van der Waals surface area contributed by atoms with Gasteiger partial charge in [-0.2, -0.15) is 0 Å². The molecule has 2 aromatic carbocycles. The second kappa shape index (κ2) is 6.96. The molecule has 5 rings (SSSR count). The van der Waals surface area contributed by atoms with Gasteiger partial charge >= 0.3 is 0 Å². The predicted molar refractivity (Wildman–Crippen MR) is 142 cm³/mol. The molecule has 3 heteroatoms. The van der Waals surface area contributed by atoms with Crippen LogP contribution in [0.25, 0.3) is 23.3 Å². The second-order valence-corrected chi connectivity index (χ2v) is 11.7. The minimum absolute atomic E-state index is 0.0340. The van der Waals surface area contributed by atoms with Crippen molar-refractivity contribution in [2.75, 3.05) is 11.9 Å². The number of nitrogens with zero attached hydrogens (tertiary/aromatic N) is 1. The molecule has 0 radical (unpaired) electrons. The van der Waals surface area contributed by atoms with Gasteiger partial charge in [0.15, 0.2) is 0 Å². The largest absolute Gasteiger partial charge is 0.368 e. The van der Waals surface area contributed by atoms with Crippen molar-refractivity contribution in [3.05, 3.63) is 71.5 Å². The molecule has 1 heterocycles. The van der Waals surface area contributed by atoms with Gasteiger partial charge < -0.3 is 4.90 Å². The fourth-order valence-corrected chi connectivity index (χ4v) is 7.67. The van der Waals surface area contributed by atoms with E-state index in [4.69, 9.17) is 0 Å². The van der Waals surface area contributed by atoms with Crippen molar-refractivity contribution in [3.8, 4) is 0 Å². The Labute approximate surface area is 202 Å². The first-order valence-corrected chi connectivity index (χ1v) is 12.6. The van der Waals surface area contributed by atoms with Gasteiger partial charge in [-0.1, -0.05) is 53.6 Å². The van der Waals surface area contributed by atoms with Crippen molar-refractivity contribution in [1.29, 1.82) is 0 Å². The standard InChI is InChI=1S/C28H29Br2N/c1-14-11-19-18(9-8-10-22(19)29)25(14)28(5,6)26-15(2)12-21-20(26)13-23-24(27(21)30)16(3)17(4)31(23)7/h8-13,17,25H,1-7H3. The van der Waals surface area contributed by atoms with Gasteiger partial charge in [0.2, 0.25) is 0 Å². The lowest BCUT2D eigenvalue weighted by Gasteiger charge is -2.36. The Morgan fingerprint density at radius 1 is 1.00 bits per heavy atom. The SMILES string of the molecule is CC1=Cc2c(Br)c3c(cc2=C1C(C)(C)C1C(C)=Cc2c(Br)cccc21)N(C)C(C)C=3C. The van der Waals surface area contributed by atoms with Crippen molar-refractivity contribution < 1.29 is 0 Å². The fraction of sp³-hybridized carbons (Fsp3) is 0.357. The molecule has 0 fully saturated rings. The van der Waals surface area contributed by atoms with Crippen molar-refractivity contribution in [2.45, 2.75) is 53.5 Å². The number of benzene rings is 2. The summed E-state index contributed by atoms with van der Waals surface area (Å²) < 4.78 is 2.44. The smallest absolute Gasteiger partial charge is 0.0478 e. The zero-order chi connectivity index (χ0) is 22.4. The highest BCUT2D eigenvalue weighted by Gasteiger charge is 2.41. The summed E-state index contributed by atoms with van der Waals surface area (Å²) in [5.41, 5.74) is 11.2. The van der Waals surface area contributed by atoms with E-state index in [1.54, 1.807) is 0 Å². The molecule has 2 atom stereocenters. The average molecular weight is 539 g/mol. The first-order chi connectivity index (χ1) is 14.6. The molecule has 0 saturated heterocycles. The van der Waals surface area contributed by atoms with Gasteiger partial charge in [0.05, 0.1) is 0 Å². The van der Waals surface area contributed by atoms with Gasteiger partial charge in [-0.15, -0.1) is 0 Å². The van der Waals surface area contributed by atoms with Crippen LogP contribution in [-0.2, 0) is 0 Å². The van der Waals surface area contributed by atoms with Gasteiger partial charge in [-0.05, 0) is 100 Å². The lowest BCUT2D eigenvalue weighted by Crippen LogP contribution is -2.30. The molecule has 3 aliphatic rings. The van der Waals surface area contributed by atoms with Gasteiger partial charge in [0.1, 0.15) is 0 Å². The Morgan fingerprint density at radius 3 is 2.42 bits per heavy atom. The molecule has 2 aromatic rings. The molecule has 0 saturated carbocycles. The van der Waals surface area contributed by atoms with E-state index in [2.05, 4.69) is 122 Å². The summed E-state index contributed by atoms with van der Waals surface area (Å²) in [7, 11) is 2.22. The molecule has 2 unspecified atom stereocenters. The van der Waals surface area contributed by atoms with E-state index < -0.39 is 0 Å². The molecule has 0 aromatic heterocycles. The van der Waals surface area contributed by atoms with Crippen LogP contribution in [0.3, 0.4) is 0 Å². The van der Waals surface area contributed by atoms with E-state index in [9.17, 15) is 0 Å². The molecule has 0 N–H and O–H groups in total. The maximum absolute atomic E-state index is 4.01. The molecule has 0 amide bonds. The maximum atomic E-state index is 4.01. The average Bonchev–Trinajstić information content (AvgIpc) is 3.29. The first kappa shape index (κ1) is 21.3. The summed E-state index contributed by atoms with van der Waals surface area (Å²) in [6.07, 6.45) is 4.76. The zero-order valence-corrected chi connectivity index (χ0v) is 22.5. The molecule has 31 heavy (non-hydrogen) atoms. The Bertz CT molecular complexity index is 1340. The molecule has 160 valence electrons. The molecule has 1 aliphatic heterocycles. The number of anilines is 1. The number of hydrogen-bond acceptors (Lipinski definition) is 1. The molecule has 0 spiro atoms. The van der Waals surface area contributed by atoms with E-state index in [0.29, 0.717) is 12.0 Å². The summed E-state index contributed by atoms with van der Waals surface area (Å²) in [6.45, 7) is 14.0. The van der Waals surface area contributed by atoms with Crippen LogP contribution in [0.4, 0.5) is 5.69 Å². The number of hydrogen-bond donors (Lipinski definition) is 0. The maximum Gasteiger partial charge on any atom is 0.0478 e. The van der Waals surface area contributed by atoms with Crippen molar-refractivity contribution in [2.24, 2.45) is 5.41 Å². The summed E-state index contributed by atoms with van der Waals surface area (Å²) in [6, 6.07) is 9.51. The van der Waals surface area contributed by atoms with E-state index in [1.165, 1.54) is 64.1 Å².